The molecule has 1 aromatic heterocycles. The van der Waals surface area contributed by atoms with Gasteiger partial charge in [-0.1, -0.05) is 18.2 Å². The van der Waals surface area contributed by atoms with Gasteiger partial charge in [-0.15, -0.1) is 0 Å². The molecule has 6 nitrogen and oxygen atoms in total. The van der Waals surface area contributed by atoms with Crippen LogP contribution in [0.5, 0.6) is 0 Å². The average molecular weight is 367 g/mol. The highest BCUT2D eigenvalue weighted by atomic mass is 19.1. The van der Waals surface area contributed by atoms with Gasteiger partial charge in [-0.05, 0) is 56.3 Å². The van der Waals surface area contributed by atoms with E-state index in [1.54, 1.807) is 30.1 Å². The molecule has 1 heterocycles. The van der Waals surface area contributed by atoms with Crippen molar-refractivity contribution in [2.45, 2.75) is 19.9 Å². The van der Waals surface area contributed by atoms with Crippen LogP contribution in [0.25, 0.3) is 5.69 Å². The number of nitrogens with zero attached hydrogens (tertiary/aromatic N) is 4. The summed E-state index contributed by atoms with van der Waals surface area (Å²) in [6, 6.07) is 12.6. The van der Waals surface area contributed by atoms with Crippen molar-refractivity contribution in [2.75, 3.05) is 18.9 Å². The largest absolute Gasteiger partial charge is 0.325 e. The van der Waals surface area contributed by atoms with Crippen LogP contribution < -0.4 is 5.32 Å². The van der Waals surface area contributed by atoms with Gasteiger partial charge in [-0.2, -0.15) is 5.10 Å². The number of carbonyl (C=O) groups excluding carboxylic acids is 1. The summed E-state index contributed by atoms with van der Waals surface area (Å²) in [5.41, 5.74) is 3.01. The van der Waals surface area contributed by atoms with Gasteiger partial charge < -0.3 is 5.32 Å². The fourth-order valence-electron chi connectivity index (χ4n) is 2.74. The van der Waals surface area contributed by atoms with Gasteiger partial charge in [-0.25, -0.2) is 14.1 Å². The summed E-state index contributed by atoms with van der Waals surface area (Å²) in [5, 5.41) is 6.84. The van der Waals surface area contributed by atoms with Crippen LogP contribution in [-0.4, -0.2) is 39.2 Å². The number of likely N-dealkylation sites (N-methyl/N-ethyl adjacent to an activating group) is 1. The van der Waals surface area contributed by atoms with Gasteiger partial charge in [0.15, 0.2) is 0 Å². The van der Waals surface area contributed by atoms with Crippen molar-refractivity contribution >= 4 is 11.6 Å². The molecule has 1 amide bonds. The van der Waals surface area contributed by atoms with Crippen LogP contribution in [-0.2, 0) is 4.79 Å². The van der Waals surface area contributed by atoms with Crippen molar-refractivity contribution in [1.82, 2.24) is 19.7 Å². The minimum Gasteiger partial charge on any atom is -0.325 e. The molecule has 27 heavy (non-hydrogen) atoms. The molecule has 7 heteroatoms. The molecule has 0 spiro atoms. The summed E-state index contributed by atoms with van der Waals surface area (Å²) in [6.07, 6.45) is 3.13. The Morgan fingerprint density at radius 2 is 2.00 bits per heavy atom. The second-order valence-corrected chi connectivity index (χ2v) is 6.53. The number of hydrogen-bond donors (Lipinski definition) is 1. The molecule has 140 valence electrons. The lowest BCUT2D eigenvalue weighted by Crippen LogP contribution is -2.32. The van der Waals surface area contributed by atoms with E-state index >= 15 is 0 Å². The number of aryl methyl sites for hydroxylation is 1. The third-order valence-corrected chi connectivity index (χ3v) is 4.57. The standard InChI is InChI=1S/C20H22FN5O/c1-14-4-7-17(10-19(14)21)24-20(27)11-25(3)15(2)16-5-8-18(9-6-16)26-13-22-12-23-26/h4-10,12-13,15H,11H2,1-3H3,(H,24,27)/t15-/m1/s1. The number of halogens is 1. The third kappa shape index (κ3) is 4.57. The maximum absolute atomic E-state index is 13.6. The zero-order valence-corrected chi connectivity index (χ0v) is 15.6. The van der Waals surface area contributed by atoms with Gasteiger partial charge in [0.2, 0.25) is 5.91 Å². The Balaban J connectivity index is 1.60. The zero-order valence-electron chi connectivity index (χ0n) is 15.6. The number of carbonyl (C=O) groups is 1. The van der Waals surface area contributed by atoms with E-state index in [0.29, 0.717) is 11.3 Å². The fourth-order valence-corrected chi connectivity index (χ4v) is 2.74. The molecule has 0 unspecified atom stereocenters. The SMILES string of the molecule is Cc1ccc(NC(=O)CN(C)[C@H](C)c2ccc(-n3cncn3)cc2)cc1F. The minimum absolute atomic E-state index is 0.0373. The number of nitrogens with one attached hydrogen (secondary N) is 1. The summed E-state index contributed by atoms with van der Waals surface area (Å²) in [5.74, 6) is -0.520. The van der Waals surface area contributed by atoms with Crippen LogP contribution in [0.2, 0.25) is 0 Å². The van der Waals surface area contributed by atoms with Gasteiger partial charge >= 0.3 is 0 Å². The predicted molar refractivity (Wildman–Crippen MR) is 102 cm³/mol. The Morgan fingerprint density at radius 1 is 1.26 bits per heavy atom. The molecule has 3 aromatic rings. The van der Waals surface area contributed by atoms with Crippen LogP contribution in [0, 0.1) is 12.7 Å². The summed E-state index contributed by atoms with van der Waals surface area (Å²) in [6.45, 7) is 3.91. The maximum atomic E-state index is 13.6. The quantitative estimate of drug-likeness (QED) is 0.726. The Kier molecular flexibility index (Phi) is 5.61. The van der Waals surface area contributed by atoms with E-state index in [9.17, 15) is 9.18 Å². The molecule has 0 saturated carbocycles. The molecular weight excluding hydrogens is 345 g/mol. The minimum atomic E-state index is -0.331. The first-order chi connectivity index (χ1) is 12.9. The van der Waals surface area contributed by atoms with Crippen LogP contribution in [0.15, 0.2) is 55.1 Å². The molecule has 0 aliphatic heterocycles. The molecule has 3 rings (SSSR count). The normalized spacial score (nSPS) is 12.2. The summed E-state index contributed by atoms with van der Waals surface area (Å²) < 4.78 is 15.3. The van der Waals surface area contributed by atoms with Gasteiger partial charge in [0.25, 0.3) is 0 Å². The first kappa shape index (κ1) is 18.7. The van der Waals surface area contributed by atoms with Crippen LogP contribution >= 0.6 is 0 Å². The predicted octanol–water partition coefficient (Wildman–Crippen LogP) is 3.35. The number of amides is 1. The van der Waals surface area contributed by atoms with Gasteiger partial charge in [0, 0.05) is 11.7 Å². The lowest BCUT2D eigenvalue weighted by Gasteiger charge is -2.24. The molecule has 2 aromatic carbocycles. The van der Waals surface area contributed by atoms with Crippen molar-refractivity contribution in [3.8, 4) is 5.69 Å². The third-order valence-electron chi connectivity index (χ3n) is 4.57. The molecule has 0 saturated heterocycles. The summed E-state index contributed by atoms with van der Waals surface area (Å²) in [7, 11) is 1.88. The van der Waals surface area contributed by atoms with E-state index in [2.05, 4.69) is 15.4 Å². The average Bonchev–Trinajstić information content (AvgIpc) is 3.19. The van der Waals surface area contributed by atoms with E-state index in [-0.39, 0.29) is 24.3 Å². The van der Waals surface area contributed by atoms with E-state index in [0.717, 1.165) is 11.3 Å². The number of benzene rings is 2. The molecule has 0 aliphatic carbocycles. The molecule has 1 N–H and O–H groups in total. The van der Waals surface area contributed by atoms with E-state index < -0.39 is 0 Å². The van der Waals surface area contributed by atoms with E-state index in [4.69, 9.17) is 0 Å². The number of hydrogen-bond acceptors (Lipinski definition) is 4. The number of anilines is 1. The van der Waals surface area contributed by atoms with E-state index in [1.807, 2.05) is 43.1 Å². The van der Waals surface area contributed by atoms with Gasteiger partial charge in [-0.3, -0.25) is 9.69 Å². The molecule has 0 aliphatic rings. The second-order valence-electron chi connectivity index (χ2n) is 6.53. The van der Waals surface area contributed by atoms with E-state index in [1.165, 1.54) is 12.4 Å². The first-order valence-electron chi connectivity index (χ1n) is 8.65. The topological polar surface area (TPSA) is 63.1 Å². The first-order valence-corrected chi connectivity index (χ1v) is 8.65. The Hall–Kier alpha value is -3.06. The van der Waals surface area contributed by atoms with Gasteiger partial charge in [0.05, 0.1) is 12.2 Å². The van der Waals surface area contributed by atoms with Crippen LogP contribution in [0.3, 0.4) is 0 Å². The fraction of sp³-hybridized carbons (Fsp3) is 0.250. The Morgan fingerprint density at radius 3 is 2.63 bits per heavy atom. The smallest absolute Gasteiger partial charge is 0.238 e. The highest BCUT2D eigenvalue weighted by Gasteiger charge is 2.15. The van der Waals surface area contributed by atoms with Gasteiger partial charge in [0.1, 0.15) is 18.5 Å². The van der Waals surface area contributed by atoms with Crippen molar-refractivity contribution in [3.05, 3.63) is 72.1 Å². The lowest BCUT2D eigenvalue weighted by atomic mass is 10.1. The second kappa shape index (κ2) is 8.09. The Labute approximate surface area is 157 Å². The summed E-state index contributed by atoms with van der Waals surface area (Å²) >= 11 is 0. The molecule has 1 atom stereocenters. The van der Waals surface area contributed by atoms with Crippen molar-refractivity contribution < 1.29 is 9.18 Å². The maximum Gasteiger partial charge on any atom is 0.238 e. The van der Waals surface area contributed by atoms with Crippen molar-refractivity contribution in [2.24, 2.45) is 0 Å². The van der Waals surface area contributed by atoms with Crippen LogP contribution in [0.1, 0.15) is 24.1 Å². The summed E-state index contributed by atoms with van der Waals surface area (Å²) in [4.78, 5) is 18.1. The van der Waals surface area contributed by atoms with Crippen molar-refractivity contribution in [3.63, 3.8) is 0 Å². The monoisotopic (exact) mass is 367 g/mol. The highest BCUT2D eigenvalue weighted by molar-refractivity contribution is 5.92. The lowest BCUT2D eigenvalue weighted by molar-refractivity contribution is -0.117. The molecule has 0 radical (unpaired) electrons. The highest BCUT2D eigenvalue weighted by Crippen LogP contribution is 2.20. The molecule has 0 fully saturated rings. The van der Waals surface area contributed by atoms with Crippen molar-refractivity contribution in [1.29, 1.82) is 0 Å². The van der Waals surface area contributed by atoms with Crippen LogP contribution in [0.4, 0.5) is 10.1 Å². The number of rotatable bonds is 6. The Bertz CT molecular complexity index is 909. The molecule has 0 bridgehead atoms. The molecular formula is C20H22FN5O. The number of aromatic nitrogens is 3. The zero-order chi connectivity index (χ0) is 19.4.